The Hall–Kier alpha value is -2.15. The van der Waals surface area contributed by atoms with Crippen LogP contribution < -0.4 is 10.6 Å². The molecule has 3 N–H and O–H groups in total. The summed E-state index contributed by atoms with van der Waals surface area (Å²) in [5.41, 5.74) is 0.736. The lowest BCUT2D eigenvalue weighted by Crippen LogP contribution is -2.49. The molecular weight excluding hydrogens is 264 g/mol. The Morgan fingerprint density at radius 1 is 1.45 bits per heavy atom. The first-order chi connectivity index (χ1) is 9.54. The van der Waals surface area contributed by atoms with Crippen LogP contribution in [0.2, 0.25) is 0 Å². The molecule has 1 atom stereocenters. The van der Waals surface area contributed by atoms with Crippen LogP contribution in [0.15, 0.2) is 23.8 Å². The fraction of sp³-hybridized carbons (Fsp3) is 0.462. The van der Waals surface area contributed by atoms with E-state index in [-0.39, 0.29) is 6.61 Å². The molecule has 7 heteroatoms. The standard InChI is InChI=1S/C13H18N2O5/c1-20-8-10(16)15-12(9-5-3-2-4-6-9)13(19)14-7-11(17)18/h2-3,5,12H,4,6-8H2,1H3,(H,14,19)(H,15,16)(H,17,18). The molecule has 20 heavy (non-hydrogen) atoms. The molecular formula is C13H18N2O5. The maximum absolute atomic E-state index is 12.0. The van der Waals surface area contributed by atoms with Crippen LogP contribution in [0.4, 0.5) is 0 Å². The summed E-state index contributed by atoms with van der Waals surface area (Å²) in [5.74, 6) is -2.12. The van der Waals surface area contributed by atoms with E-state index in [4.69, 9.17) is 9.84 Å². The molecule has 2 amide bonds. The van der Waals surface area contributed by atoms with Gasteiger partial charge in [0.05, 0.1) is 0 Å². The normalized spacial score (nSPS) is 15.2. The van der Waals surface area contributed by atoms with Crippen LogP contribution in [-0.4, -0.2) is 49.2 Å². The van der Waals surface area contributed by atoms with E-state index in [9.17, 15) is 14.4 Å². The highest BCUT2D eigenvalue weighted by molar-refractivity contribution is 5.92. The van der Waals surface area contributed by atoms with E-state index in [0.717, 1.165) is 12.0 Å². The van der Waals surface area contributed by atoms with Gasteiger partial charge in [-0.1, -0.05) is 18.2 Å². The minimum Gasteiger partial charge on any atom is -0.480 e. The first-order valence-corrected chi connectivity index (χ1v) is 6.18. The zero-order valence-electron chi connectivity index (χ0n) is 11.2. The van der Waals surface area contributed by atoms with Crippen molar-refractivity contribution in [1.82, 2.24) is 10.6 Å². The van der Waals surface area contributed by atoms with E-state index in [1.807, 2.05) is 6.08 Å². The molecule has 110 valence electrons. The van der Waals surface area contributed by atoms with Gasteiger partial charge < -0.3 is 20.5 Å². The van der Waals surface area contributed by atoms with Crippen LogP contribution >= 0.6 is 0 Å². The highest BCUT2D eigenvalue weighted by Gasteiger charge is 2.25. The Morgan fingerprint density at radius 2 is 2.20 bits per heavy atom. The predicted molar refractivity (Wildman–Crippen MR) is 70.9 cm³/mol. The van der Waals surface area contributed by atoms with E-state index in [0.29, 0.717) is 6.42 Å². The number of aliphatic carboxylic acids is 1. The number of ether oxygens (including phenoxy) is 1. The van der Waals surface area contributed by atoms with Gasteiger partial charge in [0.1, 0.15) is 19.2 Å². The third kappa shape index (κ3) is 5.23. The van der Waals surface area contributed by atoms with Gasteiger partial charge in [0.25, 0.3) is 0 Å². The van der Waals surface area contributed by atoms with Gasteiger partial charge in [-0.3, -0.25) is 14.4 Å². The van der Waals surface area contributed by atoms with Crippen LogP contribution in [0.25, 0.3) is 0 Å². The summed E-state index contributed by atoms with van der Waals surface area (Å²) in [5, 5.41) is 13.4. The second-order valence-corrected chi connectivity index (χ2v) is 4.25. The zero-order valence-corrected chi connectivity index (χ0v) is 11.2. The number of rotatable bonds is 7. The first kappa shape index (κ1) is 15.9. The summed E-state index contributed by atoms with van der Waals surface area (Å²) in [6.45, 7) is -0.648. The summed E-state index contributed by atoms with van der Waals surface area (Å²) < 4.78 is 4.70. The number of carbonyl (C=O) groups is 3. The highest BCUT2D eigenvalue weighted by Crippen LogP contribution is 2.16. The SMILES string of the molecule is COCC(=O)NC(C(=O)NCC(=O)O)C1=CC=CCC1. The Bertz CT molecular complexity index is 442. The van der Waals surface area contributed by atoms with Gasteiger partial charge in [0.15, 0.2) is 0 Å². The van der Waals surface area contributed by atoms with E-state index < -0.39 is 30.4 Å². The maximum atomic E-state index is 12.0. The maximum Gasteiger partial charge on any atom is 0.322 e. The molecule has 0 aromatic carbocycles. The molecule has 0 aromatic rings. The number of carboxylic acid groups (broad SMARTS) is 1. The molecule has 1 rings (SSSR count). The predicted octanol–water partition coefficient (Wildman–Crippen LogP) is -0.405. The summed E-state index contributed by atoms with van der Waals surface area (Å²) in [7, 11) is 1.38. The lowest BCUT2D eigenvalue weighted by Gasteiger charge is -2.22. The number of hydrogen-bond donors (Lipinski definition) is 3. The summed E-state index contributed by atoms with van der Waals surface area (Å²) in [4.78, 5) is 34.0. The van der Waals surface area contributed by atoms with Crippen molar-refractivity contribution in [1.29, 1.82) is 0 Å². The number of nitrogens with one attached hydrogen (secondary N) is 2. The Labute approximate surface area is 116 Å². The van der Waals surface area contributed by atoms with Gasteiger partial charge in [-0.15, -0.1) is 0 Å². The quantitative estimate of drug-likeness (QED) is 0.589. The molecule has 0 aliphatic heterocycles. The van der Waals surface area contributed by atoms with Crippen molar-refractivity contribution in [3.63, 3.8) is 0 Å². The number of carboxylic acids is 1. The van der Waals surface area contributed by atoms with E-state index in [1.165, 1.54) is 7.11 Å². The molecule has 0 bridgehead atoms. The average molecular weight is 282 g/mol. The van der Waals surface area contributed by atoms with Crippen LogP contribution in [0.5, 0.6) is 0 Å². The van der Waals surface area contributed by atoms with Crippen molar-refractivity contribution in [2.75, 3.05) is 20.3 Å². The van der Waals surface area contributed by atoms with E-state index in [2.05, 4.69) is 10.6 Å². The Kier molecular flexibility index (Phi) is 6.45. The van der Waals surface area contributed by atoms with Gasteiger partial charge in [0.2, 0.25) is 11.8 Å². The molecule has 0 aromatic heterocycles. The number of hydrogen-bond acceptors (Lipinski definition) is 4. The van der Waals surface area contributed by atoms with Crippen LogP contribution in [-0.2, 0) is 19.1 Å². The van der Waals surface area contributed by atoms with Crippen LogP contribution in [0.3, 0.4) is 0 Å². The molecule has 7 nitrogen and oxygen atoms in total. The Morgan fingerprint density at radius 3 is 2.75 bits per heavy atom. The molecule has 1 aliphatic rings. The van der Waals surface area contributed by atoms with Gasteiger partial charge >= 0.3 is 5.97 Å². The molecule has 0 saturated heterocycles. The lowest BCUT2D eigenvalue weighted by atomic mass is 9.97. The van der Waals surface area contributed by atoms with Gasteiger partial charge in [-0.25, -0.2) is 0 Å². The zero-order chi connectivity index (χ0) is 15.0. The smallest absolute Gasteiger partial charge is 0.322 e. The van der Waals surface area contributed by atoms with E-state index in [1.54, 1.807) is 12.2 Å². The molecule has 1 unspecified atom stereocenters. The molecule has 0 spiro atoms. The van der Waals surface area contributed by atoms with Crippen molar-refractivity contribution >= 4 is 17.8 Å². The highest BCUT2D eigenvalue weighted by atomic mass is 16.5. The minimum atomic E-state index is -1.14. The monoisotopic (exact) mass is 282 g/mol. The second kappa shape index (κ2) is 8.11. The second-order valence-electron chi connectivity index (χ2n) is 4.25. The summed E-state index contributed by atoms with van der Waals surface area (Å²) in [6.07, 6.45) is 6.91. The number of carbonyl (C=O) groups excluding carboxylic acids is 2. The summed E-state index contributed by atoms with van der Waals surface area (Å²) in [6, 6.07) is -0.873. The van der Waals surface area contributed by atoms with E-state index >= 15 is 0 Å². The lowest BCUT2D eigenvalue weighted by molar-refractivity contribution is -0.138. The third-order valence-electron chi connectivity index (χ3n) is 2.67. The van der Waals surface area contributed by atoms with Gasteiger partial charge in [-0.2, -0.15) is 0 Å². The van der Waals surface area contributed by atoms with Crippen molar-refractivity contribution in [3.05, 3.63) is 23.8 Å². The fourth-order valence-electron chi connectivity index (χ4n) is 1.79. The van der Waals surface area contributed by atoms with Gasteiger partial charge in [-0.05, 0) is 18.4 Å². The average Bonchev–Trinajstić information content (AvgIpc) is 2.43. The van der Waals surface area contributed by atoms with Crippen molar-refractivity contribution in [2.24, 2.45) is 0 Å². The number of allylic oxidation sites excluding steroid dienone is 3. The van der Waals surface area contributed by atoms with Crippen LogP contribution in [0.1, 0.15) is 12.8 Å². The number of methoxy groups -OCH3 is 1. The van der Waals surface area contributed by atoms with Crippen molar-refractivity contribution in [3.8, 4) is 0 Å². The molecule has 1 aliphatic carbocycles. The van der Waals surface area contributed by atoms with Crippen LogP contribution in [0, 0.1) is 0 Å². The minimum absolute atomic E-state index is 0.161. The summed E-state index contributed by atoms with van der Waals surface area (Å²) >= 11 is 0. The van der Waals surface area contributed by atoms with Crippen molar-refractivity contribution in [2.45, 2.75) is 18.9 Å². The molecule has 0 fully saturated rings. The topological polar surface area (TPSA) is 105 Å². The Balaban J connectivity index is 2.75. The molecule has 0 radical (unpaired) electrons. The number of amides is 2. The van der Waals surface area contributed by atoms with Gasteiger partial charge in [0, 0.05) is 7.11 Å². The molecule has 0 heterocycles. The van der Waals surface area contributed by atoms with Crippen molar-refractivity contribution < 1.29 is 24.2 Å². The fourth-order valence-corrected chi connectivity index (χ4v) is 1.79. The first-order valence-electron chi connectivity index (χ1n) is 6.18. The third-order valence-corrected chi connectivity index (χ3v) is 2.67. The molecule has 0 saturated carbocycles. The largest absolute Gasteiger partial charge is 0.480 e.